The number of nitrogens with two attached hydrogens (primary N) is 1. The molecule has 6 heteroatoms. The Bertz CT molecular complexity index is 672. The van der Waals surface area contributed by atoms with E-state index in [0.717, 1.165) is 11.1 Å². The number of rotatable bonds is 6. The van der Waals surface area contributed by atoms with E-state index in [1.807, 2.05) is 36.4 Å². The molecular formula is C17H19N3O3. The molecule has 0 atom stereocenters. The molecule has 0 aliphatic rings. The van der Waals surface area contributed by atoms with Crippen molar-refractivity contribution in [2.24, 2.45) is 0 Å². The fourth-order valence-corrected chi connectivity index (χ4v) is 1.84. The zero-order valence-corrected chi connectivity index (χ0v) is 12.9. The minimum Gasteiger partial charge on any atom is -0.493 e. The molecule has 0 fully saturated rings. The predicted molar refractivity (Wildman–Crippen MR) is 88.9 cm³/mol. The number of anilines is 1. The lowest BCUT2D eigenvalue weighted by Crippen LogP contribution is -2.24. The fraction of sp³-hybridized carbons (Fsp3) is 0.176. The van der Waals surface area contributed by atoms with Crippen molar-refractivity contribution in [1.29, 1.82) is 0 Å². The van der Waals surface area contributed by atoms with Crippen LogP contribution in [0.4, 0.5) is 10.6 Å². The first-order valence-electron chi connectivity index (χ1n) is 7.09. The smallest absolute Gasteiger partial charge is 0.407 e. The quantitative estimate of drug-likeness (QED) is 0.856. The lowest BCUT2D eigenvalue weighted by Gasteiger charge is -2.05. The molecule has 0 radical (unpaired) electrons. The van der Waals surface area contributed by atoms with Gasteiger partial charge < -0.3 is 20.5 Å². The molecule has 2 rings (SSSR count). The summed E-state index contributed by atoms with van der Waals surface area (Å²) in [5, 5.41) is 2.64. The normalized spacial score (nSPS) is 10.5. The Balaban J connectivity index is 1.74. The molecule has 1 heterocycles. The first-order chi connectivity index (χ1) is 11.2. The van der Waals surface area contributed by atoms with E-state index >= 15 is 0 Å². The average molecular weight is 313 g/mol. The fourth-order valence-electron chi connectivity index (χ4n) is 1.84. The van der Waals surface area contributed by atoms with Crippen LogP contribution in [0.15, 0.2) is 48.7 Å². The number of nitrogen functional groups attached to an aromatic ring is 1. The number of benzene rings is 1. The van der Waals surface area contributed by atoms with Gasteiger partial charge in [-0.15, -0.1) is 0 Å². The number of nitrogens with zero attached hydrogens (tertiary/aromatic N) is 1. The lowest BCUT2D eigenvalue weighted by atomic mass is 10.2. The number of aromatic nitrogens is 1. The highest BCUT2D eigenvalue weighted by Crippen LogP contribution is 2.19. The Morgan fingerprint density at radius 3 is 2.87 bits per heavy atom. The van der Waals surface area contributed by atoms with E-state index in [1.165, 1.54) is 7.11 Å². The SMILES string of the molecule is COc1cc(C=CCNC(=O)OCc2ccccc2)cnc1N. The van der Waals surface area contributed by atoms with Gasteiger partial charge in [-0.1, -0.05) is 42.5 Å². The van der Waals surface area contributed by atoms with Crippen molar-refractivity contribution in [2.75, 3.05) is 19.4 Å². The van der Waals surface area contributed by atoms with Gasteiger partial charge in [0, 0.05) is 12.7 Å². The number of alkyl carbamates (subject to hydrolysis) is 1. The molecule has 120 valence electrons. The van der Waals surface area contributed by atoms with E-state index in [9.17, 15) is 4.79 Å². The van der Waals surface area contributed by atoms with Gasteiger partial charge in [0.05, 0.1) is 7.11 Å². The minimum atomic E-state index is -0.466. The van der Waals surface area contributed by atoms with Crippen LogP contribution in [-0.2, 0) is 11.3 Å². The third-order valence-corrected chi connectivity index (χ3v) is 3.01. The van der Waals surface area contributed by atoms with Crippen LogP contribution in [-0.4, -0.2) is 24.7 Å². The van der Waals surface area contributed by atoms with Crippen LogP contribution < -0.4 is 15.8 Å². The molecule has 1 aromatic carbocycles. The largest absolute Gasteiger partial charge is 0.493 e. The average Bonchev–Trinajstić information content (AvgIpc) is 2.59. The molecule has 0 spiro atoms. The van der Waals surface area contributed by atoms with Gasteiger partial charge in [-0.25, -0.2) is 9.78 Å². The Morgan fingerprint density at radius 2 is 2.13 bits per heavy atom. The highest BCUT2D eigenvalue weighted by molar-refractivity contribution is 5.67. The molecular weight excluding hydrogens is 294 g/mol. The van der Waals surface area contributed by atoms with Crippen LogP contribution in [0.1, 0.15) is 11.1 Å². The van der Waals surface area contributed by atoms with Gasteiger partial charge in [-0.05, 0) is 17.2 Å². The van der Waals surface area contributed by atoms with Gasteiger partial charge in [-0.2, -0.15) is 0 Å². The van der Waals surface area contributed by atoms with E-state index in [1.54, 1.807) is 18.3 Å². The molecule has 2 aromatic rings. The Labute approximate surface area is 134 Å². The number of methoxy groups -OCH3 is 1. The topological polar surface area (TPSA) is 86.5 Å². The van der Waals surface area contributed by atoms with Crippen molar-refractivity contribution in [3.8, 4) is 5.75 Å². The number of carbonyl (C=O) groups excluding carboxylic acids is 1. The van der Waals surface area contributed by atoms with Crippen molar-refractivity contribution in [1.82, 2.24) is 10.3 Å². The predicted octanol–water partition coefficient (Wildman–Crippen LogP) is 2.61. The number of carbonyl (C=O) groups is 1. The van der Waals surface area contributed by atoms with Crippen LogP contribution in [0.25, 0.3) is 6.08 Å². The molecule has 6 nitrogen and oxygen atoms in total. The summed E-state index contributed by atoms with van der Waals surface area (Å²) in [7, 11) is 1.53. The molecule has 0 saturated heterocycles. The molecule has 0 aliphatic heterocycles. The van der Waals surface area contributed by atoms with Gasteiger partial charge in [0.2, 0.25) is 0 Å². The highest BCUT2D eigenvalue weighted by Gasteiger charge is 2.01. The number of hydrogen-bond donors (Lipinski definition) is 2. The Kier molecular flexibility index (Phi) is 5.99. The Morgan fingerprint density at radius 1 is 1.35 bits per heavy atom. The van der Waals surface area contributed by atoms with E-state index in [-0.39, 0.29) is 6.61 Å². The van der Waals surface area contributed by atoms with Gasteiger partial charge in [0.15, 0.2) is 11.6 Å². The van der Waals surface area contributed by atoms with Gasteiger partial charge >= 0.3 is 6.09 Å². The zero-order chi connectivity index (χ0) is 16.5. The summed E-state index contributed by atoms with van der Waals surface area (Å²) in [6.45, 7) is 0.593. The molecule has 0 aliphatic carbocycles. The van der Waals surface area contributed by atoms with Crippen LogP contribution in [0.3, 0.4) is 0 Å². The first kappa shape index (κ1) is 16.4. The molecule has 23 heavy (non-hydrogen) atoms. The van der Waals surface area contributed by atoms with Crippen LogP contribution in [0, 0.1) is 0 Å². The number of ether oxygens (including phenoxy) is 2. The monoisotopic (exact) mass is 313 g/mol. The second-order valence-electron chi connectivity index (χ2n) is 4.70. The summed E-state index contributed by atoms with van der Waals surface area (Å²) in [6, 6.07) is 11.3. The molecule has 0 saturated carbocycles. The number of hydrogen-bond acceptors (Lipinski definition) is 5. The van der Waals surface area contributed by atoms with E-state index < -0.39 is 6.09 Å². The number of pyridine rings is 1. The highest BCUT2D eigenvalue weighted by atomic mass is 16.5. The van der Waals surface area contributed by atoms with Gasteiger partial charge in [0.1, 0.15) is 6.61 Å². The Hall–Kier alpha value is -3.02. The molecule has 3 N–H and O–H groups in total. The van der Waals surface area contributed by atoms with Gasteiger partial charge in [0.25, 0.3) is 0 Å². The van der Waals surface area contributed by atoms with Crippen LogP contribution in [0.2, 0.25) is 0 Å². The maximum absolute atomic E-state index is 11.6. The second kappa shape index (κ2) is 8.43. The molecule has 1 amide bonds. The van der Waals surface area contributed by atoms with E-state index in [4.69, 9.17) is 15.2 Å². The van der Waals surface area contributed by atoms with Crippen LogP contribution >= 0.6 is 0 Å². The third-order valence-electron chi connectivity index (χ3n) is 3.01. The second-order valence-corrected chi connectivity index (χ2v) is 4.70. The number of nitrogens with one attached hydrogen (secondary N) is 1. The molecule has 1 aromatic heterocycles. The molecule has 0 unspecified atom stereocenters. The minimum absolute atomic E-state index is 0.246. The van der Waals surface area contributed by atoms with Crippen molar-refractivity contribution in [3.63, 3.8) is 0 Å². The maximum atomic E-state index is 11.6. The van der Waals surface area contributed by atoms with Crippen molar-refractivity contribution < 1.29 is 14.3 Å². The van der Waals surface area contributed by atoms with Crippen molar-refractivity contribution in [2.45, 2.75) is 6.61 Å². The zero-order valence-electron chi connectivity index (χ0n) is 12.9. The van der Waals surface area contributed by atoms with Crippen molar-refractivity contribution in [3.05, 3.63) is 59.8 Å². The maximum Gasteiger partial charge on any atom is 0.407 e. The van der Waals surface area contributed by atoms with E-state index in [2.05, 4.69) is 10.3 Å². The summed E-state index contributed by atoms with van der Waals surface area (Å²) < 4.78 is 10.2. The lowest BCUT2D eigenvalue weighted by molar-refractivity contribution is 0.141. The standard InChI is InChI=1S/C17H19N3O3/c1-22-15-10-14(11-20-16(15)18)8-5-9-19-17(21)23-12-13-6-3-2-4-7-13/h2-8,10-11H,9,12H2,1H3,(H2,18,20)(H,19,21). The van der Waals surface area contributed by atoms with Gasteiger partial charge in [-0.3, -0.25) is 0 Å². The van der Waals surface area contributed by atoms with E-state index in [0.29, 0.717) is 18.1 Å². The summed E-state index contributed by atoms with van der Waals surface area (Å²) in [6.07, 6.45) is 4.76. The first-order valence-corrected chi connectivity index (χ1v) is 7.09. The molecule has 0 bridgehead atoms. The summed E-state index contributed by atoms with van der Waals surface area (Å²) in [5.41, 5.74) is 7.41. The van der Waals surface area contributed by atoms with Crippen LogP contribution in [0.5, 0.6) is 5.75 Å². The third kappa shape index (κ3) is 5.35. The summed E-state index contributed by atoms with van der Waals surface area (Å²) >= 11 is 0. The summed E-state index contributed by atoms with van der Waals surface area (Å²) in [4.78, 5) is 15.6. The summed E-state index contributed by atoms with van der Waals surface area (Å²) in [5.74, 6) is 0.856. The van der Waals surface area contributed by atoms with Crippen molar-refractivity contribution >= 4 is 18.0 Å². The number of amides is 1.